The molecule has 5 nitrogen and oxygen atoms in total. The number of halogens is 2. The topological polar surface area (TPSA) is 62.3 Å². The van der Waals surface area contributed by atoms with Crippen molar-refractivity contribution in [2.24, 2.45) is 11.8 Å². The van der Waals surface area contributed by atoms with Gasteiger partial charge in [0.15, 0.2) is 5.13 Å². The monoisotopic (exact) mass is 437 g/mol. The van der Waals surface area contributed by atoms with Crippen LogP contribution in [0, 0.1) is 11.8 Å². The second-order valence-electron chi connectivity index (χ2n) is 7.41. The average molecular weight is 438 g/mol. The lowest BCUT2D eigenvalue weighted by molar-refractivity contribution is -0.135. The molecule has 1 aromatic heterocycles. The van der Waals surface area contributed by atoms with Gasteiger partial charge in [-0.05, 0) is 43.4 Å². The van der Waals surface area contributed by atoms with Crippen molar-refractivity contribution >= 4 is 51.5 Å². The number of anilines is 1. The van der Waals surface area contributed by atoms with Crippen LogP contribution in [0.5, 0.6) is 0 Å². The largest absolute Gasteiger partial charge is 0.342 e. The van der Waals surface area contributed by atoms with Crippen LogP contribution in [0.1, 0.15) is 36.1 Å². The summed E-state index contributed by atoms with van der Waals surface area (Å²) < 4.78 is 0. The number of carbonyl (C=O) groups excluding carboxylic acids is 2. The van der Waals surface area contributed by atoms with Crippen molar-refractivity contribution < 1.29 is 9.59 Å². The van der Waals surface area contributed by atoms with Gasteiger partial charge < -0.3 is 10.2 Å². The third-order valence-corrected chi connectivity index (χ3v) is 6.77. The lowest BCUT2D eigenvalue weighted by Crippen LogP contribution is -2.42. The molecule has 8 heteroatoms. The number of piperidine rings is 1. The molecule has 2 aliphatic rings. The Morgan fingerprint density at radius 1 is 1.14 bits per heavy atom. The van der Waals surface area contributed by atoms with E-state index in [1.54, 1.807) is 12.3 Å². The molecule has 1 aromatic carbocycles. The Kier molecular flexibility index (Phi) is 5.90. The zero-order valence-electron chi connectivity index (χ0n) is 15.3. The van der Waals surface area contributed by atoms with Gasteiger partial charge in [0.1, 0.15) is 0 Å². The maximum atomic E-state index is 12.6. The fourth-order valence-corrected chi connectivity index (χ4v) is 4.77. The standard InChI is InChI=1S/C20H21Cl2N3O2S/c21-15-4-3-14(17(22)10-15)9-16-11-23-20(28-16)24-18(26)12-5-7-25(8-6-12)19(27)13-1-2-13/h3-4,10-13H,1-2,5-9H2,(H,23,24,26). The summed E-state index contributed by atoms with van der Waals surface area (Å²) in [5.74, 6) is 0.433. The summed E-state index contributed by atoms with van der Waals surface area (Å²) in [6, 6.07) is 5.44. The molecule has 0 bridgehead atoms. The molecule has 1 aliphatic heterocycles. The van der Waals surface area contributed by atoms with Crippen LogP contribution in [0.3, 0.4) is 0 Å². The number of likely N-dealkylation sites (tertiary alicyclic amines) is 1. The van der Waals surface area contributed by atoms with Gasteiger partial charge in [0, 0.05) is 52.5 Å². The van der Waals surface area contributed by atoms with Gasteiger partial charge in [-0.25, -0.2) is 4.98 Å². The minimum atomic E-state index is -0.0682. The van der Waals surface area contributed by atoms with E-state index in [2.05, 4.69) is 10.3 Å². The van der Waals surface area contributed by atoms with Gasteiger partial charge in [0.25, 0.3) is 0 Å². The first-order chi connectivity index (χ1) is 13.5. The van der Waals surface area contributed by atoms with E-state index in [9.17, 15) is 9.59 Å². The number of hydrogen-bond acceptors (Lipinski definition) is 4. The highest BCUT2D eigenvalue weighted by Gasteiger charge is 2.36. The zero-order valence-corrected chi connectivity index (χ0v) is 17.6. The SMILES string of the molecule is O=C(Nc1ncc(Cc2ccc(Cl)cc2Cl)s1)C1CCN(C(=O)C2CC2)CC1. The summed E-state index contributed by atoms with van der Waals surface area (Å²) in [7, 11) is 0. The van der Waals surface area contributed by atoms with Crippen LogP contribution in [0.4, 0.5) is 5.13 Å². The van der Waals surface area contributed by atoms with Crippen LogP contribution in [0.2, 0.25) is 10.0 Å². The maximum absolute atomic E-state index is 12.6. The van der Waals surface area contributed by atoms with Crippen LogP contribution in [-0.2, 0) is 16.0 Å². The number of benzene rings is 1. The Morgan fingerprint density at radius 2 is 1.89 bits per heavy atom. The quantitative estimate of drug-likeness (QED) is 0.741. The summed E-state index contributed by atoms with van der Waals surface area (Å²) in [6.07, 6.45) is 5.87. The second-order valence-corrected chi connectivity index (χ2v) is 9.37. The number of hydrogen-bond donors (Lipinski definition) is 1. The van der Waals surface area contributed by atoms with Crippen molar-refractivity contribution in [3.63, 3.8) is 0 Å². The van der Waals surface area contributed by atoms with Gasteiger partial charge in [-0.2, -0.15) is 0 Å². The first-order valence-electron chi connectivity index (χ1n) is 9.48. The van der Waals surface area contributed by atoms with Gasteiger partial charge in [0.2, 0.25) is 11.8 Å². The van der Waals surface area contributed by atoms with Crippen molar-refractivity contribution in [1.29, 1.82) is 0 Å². The second kappa shape index (κ2) is 8.39. The van der Waals surface area contributed by atoms with Gasteiger partial charge in [-0.15, -0.1) is 11.3 Å². The lowest BCUT2D eigenvalue weighted by atomic mass is 9.95. The van der Waals surface area contributed by atoms with Crippen molar-refractivity contribution in [3.8, 4) is 0 Å². The van der Waals surface area contributed by atoms with Crippen LogP contribution in [0.25, 0.3) is 0 Å². The Morgan fingerprint density at radius 3 is 2.57 bits per heavy atom. The van der Waals surface area contributed by atoms with Gasteiger partial charge in [-0.1, -0.05) is 29.3 Å². The molecule has 148 valence electrons. The molecule has 1 saturated carbocycles. The number of thiazole rings is 1. The van der Waals surface area contributed by atoms with E-state index in [1.807, 2.05) is 17.0 Å². The fraction of sp³-hybridized carbons (Fsp3) is 0.450. The molecule has 1 N–H and O–H groups in total. The number of amides is 2. The summed E-state index contributed by atoms with van der Waals surface area (Å²) in [6.45, 7) is 1.34. The van der Waals surface area contributed by atoms with Crippen LogP contribution < -0.4 is 5.32 Å². The molecule has 2 fully saturated rings. The molecule has 2 amide bonds. The van der Waals surface area contributed by atoms with Crippen molar-refractivity contribution in [3.05, 3.63) is 44.9 Å². The highest BCUT2D eigenvalue weighted by atomic mass is 35.5. The minimum absolute atomic E-state index is 0.0102. The number of nitrogens with one attached hydrogen (secondary N) is 1. The van der Waals surface area contributed by atoms with Crippen molar-refractivity contribution in [2.45, 2.75) is 32.1 Å². The first kappa shape index (κ1) is 19.7. The third kappa shape index (κ3) is 4.67. The van der Waals surface area contributed by atoms with E-state index in [0.29, 0.717) is 47.5 Å². The third-order valence-electron chi connectivity index (χ3n) is 5.27. The first-order valence-corrected chi connectivity index (χ1v) is 11.0. The molecule has 2 aromatic rings. The average Bonchev–Trinajstić information content (AvgIpc) is 3.44. The van der Waals surface area contributed by atoms with Crippen molar-refractivity contribution in [2.75, 3.05) is 18.4 Å². The smallest absolute Gasteiger partial charge is 0.229 e. The predicted molar refractivity (Wildman–Crippen MR) is 112 cm³/mol. The highest BCUT2D eigenvalue weighted by Crippen LogP contribution is 2.33. The Hall–Kier alpha value is -1.63. The minimum Gasteiger partial charge on any atom is -0.342 e. The molecule has 4 rings (SSSR count). The molecule has 0 unspecified atom stereocenters. The summed E-state index contributed by atoms with van der Waals surface area (Å²) in [5.41, 5.74) is 0.972. The van der Waals surface area contributed by atoms with Crippen LogP contribution in [-0.4, -0.2) is 34.8 Å². The van der Waals surface area contributed by atoms with E-state index in [-0.39, 0.29) is 23.7 Å². The van der Waals surface area contributed by atoms with E-state index >= 15 is 0 Å². The lowest BCUT2D eigenvalue weighted by Gasteiger charge is -2.31. The number of rotatable bonds is 5. The van der Waals surface area contributed by atoms with E-state index in [0.717, 1.165) is 23.3 Å². The highest BCUT2D eigenvalue weighted by molar-refractivity contribution is 7.15. The van der Waals surface area contributed by atoms with E-state index in [4.69, 9.17) is 23.2 Å². The molecule has 1 saturated heterocycles. The Balaban J connectivity index is 1.30. The molecular formula is C20H21Cl2N3O2S. The van der Waals surface area contributed by atoms with E-state index < -0.39 is 0 Å². The normalized spacial score (nSPS) is 17.6. The Labute approximate surface area is 178 Å². The van der Waals surface area contributed by atoms with Gasteiger partial charge in [0.05, 0.1) is 0 Å². The zero-order chi connectivity index (χ0) is 19.7. The van der Waals surface area contributed by atoms with Gasteiger partial charge >= 0.3 is 0 Å². The molecule has 0 radical (unpaired) electrons. The number of aromatic nitrogens is 1. The maximum Gasteiger partial charge on any atom is 0.229 e. The van der Waals surface area contributed by atoms with Gasteiger partial charge in [-0.3, -0.25) is 9.59 Å². The molecule has 1 aliphatic carbocycles. The van der Waals surface area contributed by atoms with Crippen LogP contribution >= 0.6 is 34.5 Å². The molecule has 0 spiro atoms. The molecule has 28 heavy (non-hydrogen) atoms. The predicted octanol–water partition coefficient (Wildman–Crippen LogP) is 4.63. The fourth-order valence-electron chi connectivity index (χ4n) is 3.46. The van der Waals surface area contributed by atoms with E-state index in [1.165, 1.54) is 11.3 Å². The number of carbonyl (C=O) groups is 2. The molecular weight excluding hydrogens is 417 g/mol. The summed E-state index contributed by atoms with van der Waals surface area (Å²) >= 11 is 13.6. The molecule has 2 heterocycles. The van der Waals surface area contributed by atoms with Crippen molar-refractivity contribution in [1.82, 2.24) is 9.88 Å². The Bertz CT molecular complexity index is 889. The summed E-state index contributed by atoms with van der Waals surface area (Å²) in [5, 5.41) is 4.76. The molecule has 0 atom stereocenters. The number of nitrogens with zero attached hydrogens (tertiary/aromatic N) is 2. The van der Waals surface area contributed by atoms with Crippen LogP contribution in [0.15, 0.2) is 24.4 Å². The summed E-state index contributed by atoms with van der Waals surface area (Å²) in [4.78, 5) is 31.9.